The molecule has 1 fully saturated rings. The molecule has 1 N–H and O–H groups in total. The molecule has 29 heavy (non-hydrogen) atoms. The fourth-order valence-corrected chi connectivity index (χ4v) is 3.67. The standard InChI is InChI=1S/C25H26N2O2/c28-25(21-15-17-27(18-16-21)19-20-7-3-1-4-8-20)26-22-11-13-24(14-12-22)29-23-9-5-2-6-10-23/h1-14,21H,15-19H2,(H,26,28). The highest BCUT2D eigenvalue weighted by molar-refractivity contribution is 5.92. The van der Waals surface area contributed by atoms with Gasteiger partial charge in [-0.1, -0.05) is 48.5 Å². The van der Waals surface area contributed by atoms with Gasteiger partial charge in [-0.05, 0) is 67.9 Å². The van der Waals surface area contributed by atoms with Crippen molar-refractivity contribution in [3.63, 3.8) is 0 Å². The molecular formula is C25H26N2O2. The van der Waals surface area contributed by atoms with E-state index in [1.807, 2.05) is 60.7 Å². The molecule has 1 aliphatic heterocycles. The number of rotatable bonds is 6. The topological polar surface area (TPSA) is 41.6 Å². The lowest BCUT2D eigenvalue weighted by molar-refractivity contribution is -0.121. The van der Waals surface area contributed by atoms with E-state index in [-0.39, 0.29) is 11.8 Å². The number of benzene rings is 3. The molecule has 1 amide bonds. The van der Waals surface area contributed by atoms with Crippen LogP contribution in [0.3, 0.4) is 0 Å². The smallest absolute Gasteiger partial charge is 0.227 e. The summed E-state index contributed by atoms with van der Waals surface area (Å²) in [6.45, 7) is 2.87. The lowest BCUT2D eigenvalue weighted by atomic mass is 9.95. The van der Waals surface area contributed by atoms with Crippen molar-refractivity contribution in [2.45, 2.75) is 19.4 Å². The molecule has 0 saturated carbocycles. The summed E-state index contributed by atoms with van der Waals surface area (Å²) >= 11 is 0. The fourth-order valence-electron chi connectivity index (χ4n) is 3.67. The zero-order valence-electron chi connectivity index (χ0n) is 16.5. The van der Waals surface area contributed by atoms with Crippen molar-refractivity contribution < 1.29 is 9.53 Å². The maximum atomic E-state index is 12.6. The molecule has 0 radical (unpaired) electrons. The Morgan fingerprint density at radius 1 is 0.828 bits per heavy atom. The van der Waals surface area contributed by atoms with Crippen molar-refractivity contribution >= 4 is 11.6 Å². The molecule has 3 aromatic carbocycles. The summed E-state index contributed by atoms with van der Waals surface area (Å²) in [6, 6.07) is 27.7. The van der Waals surface area contributed by atoms with Crippen LogP contribution in [0.25, 0.3) is 0 Å². The first-order chi connectivity index (χ1) is 14.3. The van der Waals surface area contributed by atoms with E-state index >= 15 is 0 Å². The monoisotopic (exact) mass is 386 g/mol. The predicted octanol–water partition coefficient (Wildman–Crippen LogP) is 5.33. The van der Waals surface area contributed by atoms with E-state index in [0.29, 0.717) is 0 Å². The van der Waals surface area contributed by atoms with Gasteiger partial charge >= 0.3 is 0 Å². The molecule has 3 aromatic rings. The Morgan fingerprint density at radius 2 is 1.41 bits per heavy atom. The van der Waals surface area contributed by atoms with Crippen LogP contribution >= 0.6 is 0 Å². The Bertz CT molecular complexity index is 903. The van der Waals surface area contributed by atoms with Gasteiger partial charge in [0, 0.05) is 18.2 Å². The first-order valence-electron chi connectivity index (χ1n) is 10.2. The Kier molecular flexibility index (Phi) is 6.22. The van der Waals surface area contributed by atoms with Crippen LogP contribution in [-0.2, 0) is 11.3 Å². The van der Waals surface area contributed by atoms with Crippen LogP contribution in [-0.4, -0.2) is 23.9 Å². The number of carbonyl (C=O) groups is 1. The van der Waals surface area contributed by atoms with Crippen molar-refractivity contribution in [1.82, 2.24) is 4.90 Å². The number of ether oxygens (including phenoxy) is 1. The molecule has 4 nitrogen and oxygen atoms in total. The van der Waals surface area contributed by atoms with Crippen molar-refractivity contribution in [3.8, 4) is 11.5 Å². The summed E-state index contributed by atoms with van der Waals surface area (Å²) < 4.78 is 5.80. The molecule has 148 valence electrons. The molecule has 0 aliphatic carbocycles. The number of carbonyl (C=O) groups excluding carboxylic acids is 1. The molecule has 0 atom stereocenters. The molecule has 0 spiro atoms. The SMILES string of the molecule is O=C(Nc1ccc(Oc2ccccc2)cc1)C1CCN(Cc2ccccc2)CC1. The second-order valence-electron chi connectivity index (χ2n) is 7.46. The van der Waals surface area contributed by atoms with Gasteiger partial charge in [0.15, 0.2) is 0 Å². The second-order valence-corrected chi connectivity index (χ2v) is 7.46. The van der Waals surface area contributed by atoms with Gasteiger partial charge in [0.05, 0.1) is 0 Å². The van der Waals surface area contributed by atoms with E-state index in [1.165, 1.54) is 5.56 Å². The van der Waals surface area contributed by atoms with Crippen molar-refractivity contribution in [2.24, 2.45) is 5.92 Å². The number of anilines is 1. The van der Waals surface area contributed by atoms with E-state index < -0.39 is 0 Å². The zero-order chi connectivity index (χ0) is 19.9. The lowest BCUT2D eigenvalue weighted by Crippen LogP contribution is -2.37. The van der Waals surface area contributed by atoms with Crippen LogP contribution < -0.4 is 10.1 Å². The second kappa shape index (κ2) is 9.39. The Labute approximate surface area is 172 Å². The van der Waals surface area contributed by atoms with Crippen LogP contribution in [0.1, 0.15) is 18.4 Å². The number of hydrogen-bond donors (Lipinski definition) is 1. The summed E-state index contributed by atoms with van der Waals surface area (Å²) in [7, 11) is 0. The average Bonchev–Trinajstić information content (AvgIpc) is 2.77. The first kappa shape index (κ1) is 19.2. The molecule has 0 unspecified atom stereocenters. The lowest BCUT2D eigenvalue weighted by Gasteiger charge is -2.31. The highest BCUT2D eigenvalue weighted by atomic mass is 16.5. The number of hydrogen-bond acceptors (Lipinski definition) is 3. The highest BCUT2D eigenvalue weighted by Crippen LogP contribution is 2.24. The minimum atomic E-state index is 0.0715. The van der Waals surface area contributed by atoms with Gasteiger partial charge in [0.25, 0.3) is 0 Å². The Morgan fingerprint density at radius 3 is 2.07 bits per heavy atom. The molecule has 1 heterocycles. The van der Waals surface area contributed by atoms with Crippen molar-refractivity contribution in [2.75, 3.05) is 18.4 Å². The number of para-hydroxylation sites is 1. The third kappa shape index (κ3) is 5.46. The largest absolute Gasteiger partial charge is 0.457 e. The van der Waals surface area contributed by atoms with Crippen LogP contribution in [0, 0.1) is 5.92 Å². The van der Waals surface area contributed by atoms with E-state index in [0.717, 1.165) is 49.7 Å². The Hall–Kier alpha value is -3.11. The van der Waals surface area contributed by atoms with E-state index in [1.54, 1.807) is 0 Å². The molecule has 1 saturated heterocycles. The van der Waals surface area contributed by atoms with Gasteiger partial charge in [-0.15, -0.1) is 0 Å². The van der Waals surface area contributed by atoms with Crippen LogP contribution in [0.2, 0.25) is 0 Å². The van der Waals surface area contributed by atoms with E-state index in [4.69, 9.17) is 4.74 Å². The first-order valence-corrected chi connectivity index (χ1v) is 10.2. The average molecular weight is 386 g/mol. The summed E-state index contributed by atoms with van der Waals surface area (Å²) in [5.74, 6) is 1.73. The molecule has 0 bridgehead atoms. The van der Waals surface area contributed by atoms with Gasteiger partial charge in [0.1, 0.15) is 11.5 Å². The van der Waals surface area contributed by atoms with Crippen molar-refractivity contribution in [3.05, 3.63) is 90.5 Å². The highest BCUT2D eigenvalue weighted by Gasteiger charge is 2.25. The number of amides is 1. The number of piperidine rings is 1. The normalized spacial score (nSPS) is 15.0. The van der Waals surface area contributed by atoms with Gasteiger partial charge in [-0.3, -0.25) is 9.69 Å². The molecule has 4 heteroatoms. The third-order valence-corrected chi connectivity index (χ3v) is 5.31. The summed E-state index contributed by atoms with van der Waals surface area (Å²) in [5.41, 5.74) is 2.13. The van der Waals surface area contributed by atoms with Crippen LogP contribution in [0.15, 0.2) is 84.9 Å². The Balaban J connectivity index is 1.25. The minimum Gasteiger partial charge on any atom is -0.457 e. The molecular weight excluding hydrogens is 360 g/mol. The molecule has 4 rings (SSSR count). The number of nitrogens with one attached hydrogen (secondary N) is 1. The van der Waals surface area contributed by atoms with E-state index in [9.17, 15) is 4.79 Å². The van der Waals surface area contributed by atoms with Gasteiger partial charge in [-0.2, -0.15) is 0 Å². The van der Waals surface area contributed by atoms with Gasteiger partial charge in [-0.25, -0.2) is 0 Å². The fraction of sp³-hybridized carbons (Fsp3) is 0.240. The maximum absolute atomic E-state index is 12.6. The summed E-state index contributed by atoms with van der Waals surface area (Å²) in [4.78, 5) is 15.1. The van der Waals surface area contributed by atoms with Crippen LogP contribution in [0.5, 0.6) is 11.5 Å². The zero-order valence-corrected chi connectivity index (χ0v) is 16.5. The number of likely N-dealkylation sites (tertiary alicyclic amines) is 1. The van der Waals surface area contributed by atoms with Gasteiger partial charge < -0.3 is 10.1 Å². The quantitative estimate of drug-likeness (QED) is 0.623. The van der Waals surface area contributed by atoms with Crippen LogP contribution in [0.4, 0.5) is 5.69 Å². The maximum Gasteiger partial charge on any atom is 0.227 e. The van der Waals surface area contributed by atoms with E-state index in [2.05, 4.69) is 34.5 Å². The molecule has 1 aliphatic rings. The van der Waals surface area contributed by atoms with Gasteiger partial charge in [0.2, 0.25) is 5.91 Å². The third-order valence-electron chi connectivity index (χ3n) is 5.31. The molecule has 0 aromatic heterocycles. The summed E-state index contributed by atoms with van der Waals surface area (Å²) in [6.07, 6.45) is 1.79. The minimum absolute atomic E-state index is 0.0715. The summed E-state index contributed by atoms with van der Waals surface area (Å²) in [5, 5.41) is 3.05. The number of nitrogens with zero attached hydrogens (tertiary/aromatic N) is 1. The van der Waals surface area contributed by atoms with Crippen molar-refractivity contribution in [1.29, 1.82) is 0 Å². The predicted molar refractivity (Wildman–Crippen MR) is 116 cm³/mol.